The molecular weight excluding hydrogens is 320 g/mol. The van der Waals surface area contributed by atoms with E-state index in [9.17, 15) is 0 Å². The summed E-state index contributed by atoms with van der Waals surface area (Å²) < 4.78 is 12.8. The zero-order chi connectivity index (χ0) is 13.7. The molecule has 5 heteroatoms. The minimum absolute atomic E-state index is 0.232. The van der Waals surface area contributed by atoms with Crippen LogP contribution in [0.3, 0.4) is 0 Å². The third-order valence-corrected chi connectivity index (χ3v) is 5.25. The quantitative estimate of drug-likeness (QED) is 0.792. The minimum atomic E-state index is -0.355. The van der Waals surface area contributed by atoms with E-state index in [4.69, 9.17) is 20.2 Å². The van der Waals surface area contributed by atoms with E-state index in [-0.39, 0.29) is 11.6 Å². The zero-order valence-corrected chi connectivity index (χ0v) is 12.7. The number of aliphatic imine (C=N–C) groups is 1. The van der Waals surface area contributed by atoms with Crippen molar-refractivity contribution in [3.63, 3.8) is 0 Å². The maximum absolute atomic E-state index is 6.23. The molecule has 1 aromatic carbocycles. The fourth-order valence-electron chi connectivity index (χ4n) is 3.86. The largest absolute Gasteiger partial charge is 0.490 e. The summed E-state index contributed by atoms with van der Waals surface area (Å²) in [6, 6.07) is 6.45. The van der Waals surface area contributed by atoms with Gasteiger partial charge in [-0.25, -0.2) is 4.99 Å². The summed E-state index contributed by atoms with van der Waals surface area (Å²) in [5, 5.41) is 0. The molecule has 1 spiro atoms. The van der Waals surface area contributed by atoms with E-state index in [1.165, 1.54) is 12.8 Å². The molecule has 2 N–H and O–H groups in total. The number of amidine groups is 1. The predicted molar refractivity (Wildman–Crippen MR) is 79.8 cm³/mol. The number of benzene rings is 1. The normalized spacial score (nSPS) is 34.8. The van der Waals surface area contributed by atoms with Crippen molar-refractivity contribution in [2.24, 2.45) is 16.6 Å². The Morgan fingerprint density at radius 1 is 1.30 bits per heavy atom. The molecule has 4 nitrogen and oxygen atoms in total. The predicted octanol–water partition coefficient (Wildman–Crippen LogP) is 2.94. The van der Waals surface area contributed by atoms with Crippen molar-refractivity contribution < 1.29 is 9.47 Å². The number of halogens is 1. The first kappa shape index (κ1) is 12.5. The summed E-state index contributed by atoms with van der Waals surface area (Å²) in [7, 11) is 0. The lowest BCUT2D eigenvalue weighted by molar-refractivity contribution is 0.00736. The SMILES string of the molecule is NC1=NC2(CO1)c1cc(Br)ccc1OC1CCCCC12. The summed E-state index contributed by atoms with van der Waals surface area (Å²) in [4.78, 5) is 4.72. The monoisotopic (exact) mass is 336 g/mol. The van der Waals surface area contributed by atoms with Crippen molar-refractivity contribution in [3.05, 3.63) is 28.2 Å². The van der Waals surface area contributed by atoms with Crippen molar-refractivity contribution in [2.75, 3.05) is 6.61 Å². The highest BCUT2D eigenvalue weighted by Gasteiger charge is 2.54. The zero-order valence-electron chi connectivity index (χ0n) is 11.1. The van der Waals surface area contributed by atoms with Gasteiger partial charge in [0.2, 0.25) is 0 Å². The number of ether oxygens (including phenoxy) is 2. The van der Waals surface area contributed by atoms with Crippen LogP contribution in [-0.4, -0.2) is 18.7 Å². The highest BCUT2D eigenvalue weighted by atomic mass is 79.9. The molecule has 1 fully saturated rings. The van der Waals surface area contributed by atoms with Crippen molar-refractivity contribution in [3.8, 4) is 5.75 Å². The summed E-state index contributed by atoms with van der Waals surface area (Å²) >= 11 is 3.55. The van der Waals surface area contributed by atoms with Crippen molar-refractivity contribution in [1.29, 1.82) is 0 Å². The van der Waals surface area contributed by atoms with E-state index in [1.807, 2.05) is 12.1 Å². The van der Waals surface area contributed by atoms with E-state index in [1.54, 1.807) is 0 Å². The molecule has 0 amide bonds. The van der Waals surface area contributed by atoms with Gasteiger partial charge in [0.25, 0.3) is 6.02 Å². The molecular formula is C15H17BrN2O2. The smallest absolute Gasteiger partial charge is 0.283 e. The third-order valence-electron chi connectivity index (χ3n) is 4.75. The minimum Gasteiger partial charge on any atom is -0.490 e. The van der Waals surface area contributed by atoms with E-state index in [0.717, 1.165) is 28.6 Å². The number of hydrogen-bond donors (Lipinski definition) is 1. The Labute approximate surface area is 126 Å². The number of nitrogens with two attached hydrogens (primary N) is 1. The van der Waals surface area contributed by atoms with Gasteiger partial charge in [-0.3, -0.25) is 0 Å². The van der Waals surface area contributed by atoms with Crippen LogP contribution in [0, 0.1) is 5.92 Å². The molecule has 106 valence electrons. The lowest BCUT2D eigenvalue weighted by Gasteiger charge is -2.46. The number of nitrogens with zero attached hydrogens (tertiary/aromatic N) is 1. The maximum atomic E-state index is 6.23. The maximum Gasteiger partial charge on any atom is 0.283 e. The average Bonchev–Trinajstić information content (AvgIpc) is 2.84. The molecule has 0 aromatic heterocycles. The summed E-state index contributed by atoms with van der Waals surface area (Å²) in [5.41, 5.74) is 6.58. The molecule has 0 radical (unpaired) electrons. The van der Waals surface area contributed by atoms with Crippen molar-refractivity contribution >= 4 is 22.0 Å². The van der Waals surface area contributed by atoms with Crippen LogP contribution in [0.1, 0.15) is 31.2 Å². The second-order valence-electron chi connectivity index (χ2n) is 5.85. The molecule has 3 aliphatic rings. The fraction of sp³-hybridized carbons (Fsp3) is 0.533. The van der Waals surface area contributed by atoms with Crippen LogP contribution in [0.2, 0.25) is 0 Å². The van der Waals surface area contributed by atoms with Gasteiger partial charge in [0, 0.05) is 16.0 Å². The topological polar surface area (TPSA) is 56.8 Å². The van der Waals surface area contributed by atoms with E-state index < -0.39 is 0 Å². The highest BCUT2D eigenvalue weighted by molar-refractivity contribution is 9.10. The molecule has 0 bridgehead atoms. The van der Waals surface area contributed by atoms with Gasteiger partial charge >= 0.3 is 0 Å². The number of fused-ring (bicyclic) bond motifs is 4. The third kappa shape index (κ3) is 1.68. The average molecular weight is 337 g/mol. The molecule has 2 heterocycles. The van der Waals surface area contributed by atoms with Gasteiger partial charge < -0.3 is 15.2 Å². The molecule has 3 unspecified atom stereocenters. The second-order valence-corrected chi connectivity index (χ2v) is 6.77. The van der Waals surface area contributed by atoms with Crippen LogP contribution in [0.4, 0.5) is 0 Å². The van der Waals surface area contributed by atoms with Crippen LogP contribution < -0.4 is 10.5 Å². The van der Waals surface area contributed by atoms with Crippen LogP contribution in [-0.2, 0) is 10.3 Å². The first-order valence-electron chi connectivity index (χ1n) is 7.14. The summed E-state index contributed by atoms with van der Waals surface area (Å²) in [6.45, 7) is 0.535. The Bertz CT molecular complexity index is 589. The lowest BCUT2D eigenvalue weighted by Crippen LogP contribution is -2.49. The highest BCUT2D eigenvalue weighted by Crippen LogP contribution is 2.52. The second kappa shape index (κ2) is 4.38. The first-order chi connectivity index (χ1) is 9.69. The van der Waals surface area contributed by atoms with Crippen LogP contribution in [0.25, 0.3) is 0 Å². The Morgan fingerprint density at radius 3 is 2.95 bits per heavy atom. The first-order valence-corrected chi connectivity index (χ1v) is 7.93. The Hall–Kier alpha value is -1.23. The molecule has 4 rings (SSSR count). The van der Waals surface area contributed by atoms with Gasteiger partial charge in [0.15, 0.2) is 0 Å². The van der Waals surface area contributed by atoms with Crippen LogP contribution in [0.15, 0.2) is 27.7 Å². The molecule has 1 aliphatic carbocycles. The van der Waals surface area contributed by atoms with Gasteiger partial charge in [0.1, 0.15) is 24.0 Å². The van der Waals surface area contributed by atoms with E-state index in [2.05, 4.69) is 22.0 Å². The Kier molecular flexibility index (Phi) is 2.74. The lowest BCUT2D eigenvalue weighted by atomic mass is 9.68. The van der Waals surface area contributed by atoms with Gasteiger partial charge in [-0.05, 0) is 37.5 Å². The number of rotatable bonds is 0. The molecule has 20 heavy (non-hydrogen) atoms. The van der Waals surface area contributed by atoms with E-state index >= 15 is 0 Å². The molecule has 2 aliphatic heterocycles. The van der Waals surface area contributed by atoms with Gasteiger partial charge in [-0.2, -0.15) is 0 Å². The summed E-state index contributed by atoms with van der Waals surface area (Å²) in [6.07, 6.45) is 4.90. The van der Waals surface area contributed by atoms with Crippen LogP contribution in [0.5, 0.6) is 5.75 Å². The van der Waals surface area contributed by atoms with Gasteiger partial charge in [-0.15, -0.1) is 0 Å². The Morgan fingerprint density at radius 2 is 2.15 bits per heavy atom. The van der Waals surface area contributed by atoms with E-state index in [0.29, 0.717) is 18.5 Å². The molecule has 0 saturated heterocycles. The molecule has 1 aromatic rings. The molecule has 3 atom stereocenters. The molecule has 1 saturated carbocycles. The standard InChI is InChI=1S/C15H17BrN2O2/c16-9-5-6-13-11(7-9)15(8-19-14(17)18-15)10-3-1-2-4-12(10)20-13/h5-7,10,12H,1-4,8H2,(H2,17,18). The van der Waals surface area contributed by atoms with Crippen molar-refractivity contribution in [1.82, 2.24) is 0 Å². The fourth-order valence-corrected chi connectivity index (χ4v) is 4.22. The van der Waals surface area contributed by atoms with Gasteiger partial charge in [-0.1, -0.05) is 22.4 Å². The van der Waals surface area contributed by atoms with Gasteiger partial charge in [0.05, 0.1) is 0 Å². The number of hydrogen-bond acceptors (Lipinski definition) is 4. The van der Waals surface area contributed by atoms with Crippen LogP contribution >= 0.6 is 15.9 Å². The summed E-state index contributed by atoms with van der Waals surface area (Å²) in [5.74, 6) is 1.29. The Balaban J connectivity index is 1.91. The van der Waals surface area contributed by atoms with Crippen molar-refractivity contribution in [2.45, 2.75) is 37.3 Å².